The molecule has 0 aliphatic rings. The standard InChI is InChI=1S/C18H24N2OS2/c1-13-10-14(2)12-16(11-13)19-18(22)20(7-8-21-4)15(3)17-6-5-9-23-17/h5-6,9-12,15H,7-8H2,1-4H3,(H,19,22). The van der Waals surface area contributed by atoms with E-state index in [9.17, 15) is 0 Å². The fourth-order valence-electron chi connectivity index (χ4n) is 2.59. The van der Waals surface area contributed by atoms with E-state index in [4.69, 9.17) is 17.0 Å². The van der Waals surface area contributed by atoms with E-state index >= 15 is 0 Å². The molecule has 0 aliphatic carbocycles. The molecule has 0 bridgehead atoms. The van der Waals surface area contributed by atoms with Gasteiger partial charge in [-0.2, -0.15) is 0 Å². The topological polar surface area (TPSA) is 24.5 Å². The maximum absolute atomic E-state index is 5.67. The Morgan fingerprint density at radius 2 is 2.00 bits per heavy atom. The number of hydrogen-bond donors (Lipinski definition) is 1. The van der Waals surface area contributed by atoms with Gasteiger partial charge in [0.2, 0.25) is 0 Å². The number of hydrogen-bond acceptors (Lipinski definition) is 3. The second-order valence-electron chi connectivity index (χ2n) is 5.68. The molecule has 1 aromatic carbocycles. The third kappa shape index (κ3) is 5.03. The van der Waals surface area contributed by atoms with Crippen LogP contribution < -0.4 is 5.32 Å². The highest BCUT2D eigenvalue weighted by Crippen LogP contribution is 2.25. The van der Waals surface area contributed by atoms with Crippen molar-refractivity contribution >= 4 is 34.4 Å². The molecule has 0 spiro atoms. The monoisotopic (exact) mass is 348 g/mol. The number of aryl methyl sites for hydroxylation is 2. The molecule has 124 valence electrons. The van der Waals surface area contributed by atoms with Crippen LogP contribution in [-0.4, -0.2) is 30.3 Å². The summed E-state index contributed by atoms with van der Waals surface area (Å²) < 4.78 is 5.25. The maximum Gasteiger partial charge on any atom is 0.174 e. The first kappa shape index (κ1) is 17.9. The van der Waals surface area contributed by atoms with Gasteiger partial charge < -0.3 is 15.0 Å². The van der Waals surface area contributed by atoms with Crippen molar-refractivity contribution in [1.29, 1.82) is 0 Å². The number of ether oxygens (including phenoxy) is 1. The minimum atomic E-state index is 0.219. The Kier molecular flexibility index (Phi) is 6.57. The molecule has 0 radical (unpaired) electrons. The van der Waals surface area contributed by atoms with Crippen LogP contribution in [0.1, 0.15) is 29.0 Å². The van der Waals surface area contributed by atoms with Crippen LogP contribution in [0.5, 0.6) is 0 Å². The zero-order valence-corrected chi connectivity index (χ0v) is 15.8. The van der Waals surface area contributed by atoms with Gasteiger partial charge in [-0.15, -0.1) is 11.3 Å². The lowest BCUT2D eigenvalue weighted by atomic mass is 10.1. The molecular weight excluding hydrogens is 324 g/mol. The van der Waals surface area contributed by atoms with Crippen LogP contribution in [0, 0.1) is 13.8 Å². The molecule has 0 amide bonds. The third-order valence-corrected chi connectivity index (χ3v) is 5.07. The fraction of sp³-hybridized carbons (Fsp3) is 0.389. The summed E-state index contributed by atoms with van der Waals surface area (Å²) in [6.45, 7) is 7.77. The second-order valence-corrected chi connectivity index (χ2v) is 7.05. The van der Waals surface area contributed by atoms with Crippen LogP contribution >= 0.6 is 23.6 Å². The molecule has 23 heavy (non-hydrogen) atoms. The highest BCUT2D eigenvalue weighted by atomic mass is 32.1. The zero-order chi connectivity index (χ0) is 16.8. The number of anilines is 1. The molecule has 1 heterocycles. The van der Waals surface area contributed by atoms with E-state index in [0.29, 0.717) is 6.61 Å². The maximum atomic E-state index is 5.67. The van der Waals surface area contributed by atoms with Gasteiger partial charge in [0, 0.05) is 24.2 Å². The van der Waals surface area contributed by atoms with Crippen LogP contribution in [0.3, 0.4) is 0 Å². The van der Waals surface area contributed by atoms with Gasteiger partial charge >= 0.3 is 0 Å². The van der Waals surface area contributed by atoms with Crippen molar-refractivity contribution in [1.82, 2.24) is 4.90 Å². The predicted octanol–water partition coefficient (Wildman–Crippen LogP) is 4.77. The van der Waals surface area contributed by atoms with Crippen molar-refractivity contribution in [3.63, 3.8) is 0 Å². The summed E-state index contributed by atoms with van der Waals surface area (Å²) in [6, 6.07) is 10.8. The molecule has 1 atom stereocenters. The molecule has 1 aromatic heterocycles. The highest BCUT2D eigenvalue weighted by molar-refractivity contribution is 7.80. The van der Waals surface area contributed by atoms with Gasteiger partial charge in [0.1, 0.15) is 0 Å². The van der Waals surface area contributed by atoms with Gasteiger partial charge in [-0.1, -0.05) is 12.1 Å². The minimum Gasteiger partial charge on any atom is -0.383 e. The number of thiocarbonyl (C=S) groups is 1. The fourth-order valence-corrected chi connectivity index (χ4v) is 3.75. The second kappa shape index (κ2) is 8.43. The van der Waals surface area contributed by atoms with Crippen LogP contribution in [-0.2, 0) is 4.74 Å². The molecule has 1 N–H and O–H groups in total. The van der Waals surface area contributed by atoms with Crippen LogP contribution in [0.2, 0.25) is 0 Å². The Balaban J connectivity index is 2.15. The van der Waals surface area contributed by atoms with Crippen molar-refractivity contribution < 1.29 is 4.74 Å². The van der Waals surface area contributed by atoms with Crippen molar-refractivity contribution in [2.75, 3.05) is 25.6 Å². The predicted molar refractivity (Wildman–Crippen MR) is 103 cm³/mol. The first-order valence-electron chi connectivity index (χ1n) is 7.69. The first-order valence-corrected chi connectivity index (χ1v) is 8.98. The molecule has 0 saturated heterocycles. The summed E-state index contributed by atoms with van der Waals surface area (Å²) in [4.78, 5) is 3.48. The quantitative estimate of drug-likeness (QED) is 0.760. The van der Waals surface area contributed by atoms with E-state index in [1.165, 1.54) is 16.0 Å². The van der Waals surface area contributed by atoms with E-state index in [-0.39, 0.29) is 6.04 Å². The Morgan fingerprint density at radius 3 is 2.57 bits per heavy atom. The van der Waals surface area contributed by atoms with Gasteiger partial charge in [-0.3, -0.25) is 0 Å². The Labute approximate surface area is 148 Å². The molecule has 3 nitrogen and oxygen atoms in total. The van der Waals surface area contributed by atoms with Crippen molar-refractivity contribution in [2.24, 2.45) is 0 Å². The van der Waals surface area contributed by atoms with Gasteiger partial charge in [-0.25, -0.2) is 0 Å². The number of thiophene rings is 1. The largest absolute Gasteiger partial charge is 0.383 e. The van der Waals surface area contributed by atoms with E-state index in [1.54, 1.807) is 18.4 Å². The average Bonchev–Trinajstić information content (AvgIpc) is 3.00. The smallest absolute Gasteiger partial charge is 0.174 e. The number of rotatable bonds is 6. The molecule has 0 aliphatic heterocycles. The Hall–Kier alpha value is -1.43. The Bertz CT molecular complexity index is 620. The van der Waals surface area contributed by atoms with E-state index in [1.807, 2.05) is 0 Å². The minimum absolute atomic E-state index is 0.219. The van der Waals surface area contributed by atoms with Crippen molar-refractivity contribution in [2.45, 2.75) is 26.8 Å². The number of nitrogens with one attached hydrogen (secondary N) is 1. The summed E-state index contributed by atoms with van der Waals surface area (Å²) in [5.74, 6) is 0. The van der Waals surface area contributed by atoms with Crippen LogP contribution in [0.4, 0.5) is 5.69 Å². The van der Waals surface area contributed by atoms with Crippen LogP contribution in [0.25, 0.3) is 0 Å². The molecular formula is C18H24N2OS2. The van der Waals surface area contributed by atoms with Crippen molar-refractivity contribution in [3.05, 3.63) is 51.7 Å². The van der Waals surface area contributed by atoms with E-state index in [0.717, 1.165) is 17.3 Å². The summed E-state index contributed by atoms with van der Waals surface area (Å²) in [5.41, 5.74) is 3.49. The lowest BCUT2D eigenvalue weighted by Crippen LogP contribution is -2.38. The SMILES string of the molecule is COCCN(C(=S)Nc1cc(C)cc(C)c1)C(C)c1cccs1. The lowest BCUT2D eigenvalue weighted by molar-refractivity contribution is 0.166. The summed E-state index contributed by atoms with van der Waals surface area (Å²) >= 11 is 7.42. The molecule has 0 fully saturated rings. The summed E-state index contributed by atoms with van der Waals surface area (Å²) in [6.07, 6.45) is 0. The number of benzene rings is 1. The zero-order valence-electron chi connectivity index (χ0n) is 14.1. The third-order valence-electron chi connectivity index (χ3n) is 3.69. The number of methoxy groups -OCH3 is 1. The Morgan fingerprint density at radius 1 is 1.30 bits per heavy atom. The lowest BCUT2D eigenvalue weighted by Gasteiger charge is -2.31. The highest BCUT2D eigenvalue weighted by Gasteiger charge is 2.19. The first-order chi connectivity index (χ1) is 11.0. The normalized spacial score (nSPS) is 12.0. The van der Waals surface area contributed by atoms with Gasteiger partial charge in [0.25, 0.3) is 0 Å². The van der Waals surface area contributed by atoms with Crippen molar-refractivity contribution in [3.8, 4) is 0 Å². The molecule has 2 rings (SSSR count). The summed E-state index contributed by atoms with van der Waals surface area (Å²) in [7, 11) is 1.72. The average molecular weight is 349 g/mol. The molecule has 5 heteroatoms. The van der Waals surface area contributed by atoms with Gasteiger partial charge in [0.05, 0.1) is 12.6 Å². The summed E-state index contributed by atoms with van der Waals surface area (Å²) in [5, 5.41) is 6.21. The molecule has 2 aromatic rings. The van der Waals surface area contributed by atoms with Gasteiger partial charge in [0.15, 0.2) is 5.11 Å². The van der Waals surface area contributed by atoms with Gasteiger partial charge in [-0.05, 0) is 67.7 Å². The van der Waals surface area contributed by atoms with E-state index in [2.05, 4.69) is 66.7 Å². The van der Waals surface area contributed by atoms with E-state index < -0.39 is 0 Å². The molecule has 1 unspecified atom stereocenters. The molecule has 0 saturated carbocycles. The van der Waals surface area contributed by atoms with Crippen LogP contribution in [0.15, 0.2) is 35.7 Å². The number of nitrogens with zero attached hydrogens (tertiary/aromatic N) is 1.